The van der Waals surface area contributed by atoms with Crippen LogP contribution in [0.1, 0.15) is 0 Å². The monoisotopic (exact) mass is 232 g/mol. The molecule has 0 unspecified atom stereocenters. The molecule has 1 aliphatic heterocycles. The molecule has 0 aromatic carbocycles. The Labute approximate surface area is 95.9 Å². The fourth-order valence-electron chi connectivity index (χ4n) is 1.20. The minimum absolute atomic E-state index is 0.0506. The lowest BCUT2D eigenvalue weighted by Gasteiger charge is -2.05. The lowest BCUT2D eigenvalue weighted by atomic mass is 10.3. The van der Waals surface area contributed by atoms with Gasteiger partial charge in [0.2, 0.25) is 0 Å². The quantitative estimate of drug-likeness (QED) is 0.308. The van der Waals surface area contributed by atoms with E-state index in [1.54, 1.807) is 6.08 Å². The van der Waals surface area contributed by atoms with Crippen molar-refractivity contribution in [1.82, 2.24) is 0 Å². The number of epoxide rings is 1. The Hall–Kier alpha value is -0.460. The molecule has 1 N–H and O–H groups in total. The highest BCUT2D eigenvalue weighted by molar-refractivity contribution is 4.97. The van der Waals surface area contributed by atoms with E-state index in [1.807, 2.05) is 0 Å². The third kappa shape index (κ3) is 6.19. The van der Waals surface area contributed by atoms with Crippen LogP contribution in [0.2, 0.25) is 0 Å². The standard InChI is InChI=1S/C11H20O5/c1-2-10-11(16-10)9-15-8-7-14-6-5-13-4-3-12/h2,10-12H,1,3-9H2/t10-,11+/m0/s1. The van der Waals surface area contributed by atoms with Gasteiger partial charge in [-0.2, -0.15) is 0 Å². The molecule has 0 aliphatic carbocycles. The molecule has 0 bridgehead atoms. The number of aliphatic hydroxyl groups is 1. The zero-order valence-electron chi connectivity index (χ0n) is 9.47. The molecular formula is C11H20O5. The fraction of sp³-hybridized carbons (Fsp3) is 0.818. The number of hydrogen-bond donors (Lipinski definition) is 1. The van der Waals surface area contributed by atoms with Crippen LogP contribution >= 0.6 is 0 Å². The summed E-state index contributed by atoms with van der Waals surface area (Å²) in [6.45, 7) is 6.78. The van der Waals surface area contributed by atoms with E-state index in [0.717, 1.165) is 0 Å². The second-order valence-electron chi connectivity index (χ2n) is 3.40. The Bertz CT molecular complexity index is 185. The predicted octanol–water partition coefficient (Wildman–Crippen LogP) is -0.0181. The lowest BCUT2D eigenvalue weighted by Crippen LogP contribution is -2.12. The highest BCUT2D eigenvalue weighted by Gasteiger charge is 2.35. The van der Waals surface area contributed by atoms with Gasteiger partial charge in [0.1, 0.15) is 12.2 Å². The van der Waals surface area contributed by atoms with Crippen molar-refractivity contribution in [1.29, 1.82) is 0 Å². The minimum atomic E-state index is 0.0506. The van der Waals surface area contributed by atoms with Crippen molar-refractivity contribution < 1.29 is 24.1 Å². The van der Waals surface area contributed by atoms with Gasteiger partial charge in [-0.15, -0.1) is 6.58 Å². The molecule has 2 atom stereocenters. The summed E-state index contributed by atoms with van der Waals surface area (Å²) in [6.07, 6.45) is 2.14. The smallest absolute Gasteiger partial charge is 0.111 e. The van der Waals surface area contributed by atoms with Gasteiger partial charge in [-0.3, -0.25) is 0 Å². The van der Waals surface area contributed by atoms with Crippen LogP contribution in [0.25, 0.3) is 0 Å². The van der Waals surface area contributed by atoms with Gasteiger partial charge >= 0.3 is 0 Å². The molecule has 0 aromatic heterocycles. The van der Waals surface area contributed by atoms with Crippen LogP contribution in [-0.2, 0) is 18.9 Å². The third-order valence-electron chi connectivity index (χ3n) is 2.12. The minimum Gasteiger partial charge on any atom is -0.394 e. The first-order valence-electron chi connectivity index (χ1n) is 5.50. The van der Waals surface area contributed by atoms with Crippen LogP contribution in [-0.4, -0.2) is 63.6 Å². The Kier molecular flexibility index (Phi) is 7.37. The summed E-state index contributed by atoms with van der Waals surface area (Å²) in [5.41, 5.74) is 0. The van der Waals surface area contributed by atoms with Gasteiger partial charge < -0.3 is 24.1 Å². The van der Waals surface area contributed by atoms with Crippen LogP contribution in [0.5, 0.6) is 0 Å². The highest BCUT2D eigenvalue weighted by atomic mass is 16.6. The van der Waals surface area contributed by atoms with Crippen molar-refractivity contribution in [3.05, 3.63) is 12.7 Å². The molecule has 0 spiro atoms. The SMILES string of the molecule is C=C[C@@H]1O[C@@H]1COCCOCCOCCO. The molecule has 1 fully saturated rings. The van der Waals surface area contributed by atoms with Crippen LogP contribution < -0.4 is 0 Å². The van der Waals surface area contributed by atoms with Crippen molar-refractivity contribution >= 4 is 0 Å². The van der Waals surface area contributed by atoms with E-state index in [1.165, 1.54) is 0 Å². The molecule has 0 saturated carbocycles. The second-order valence-corrected chi connectivity index (χ2v) is 3.40. The van der Waals surface area contributed by atoms with Crippen molar-refractivity contribution in [2.45, 2.75) is 12.2 Å². The highest BCUT2D eigenvalue weighted by Crippen LogP contribution is 2.22. The lowest BCUT2D eigenvalue weighted by molar-refractivity contribution is 0.00558. The summed E-state index contributed by atoms with van der Waals surface area (Å²) >= 11 is 0. The largest absolute Gasteiger partial charge is 0.394 e. The molecule has 1 saturated heterocycles. The average molecular weight is 232 g/mol. The van der Waals surface area contributed by atoms with E-state index in [2.05, 4.69) is 6.58 Å². The number of hydrogen-bond acceptors (Lipinski definition) is 5. The van der Waals surface area contributed by atoms with Gasteiger partial charge in [0.25, 0.3) is 0 Å². The Balaban J connectivity index is 1.70. The molecule has 1 heterocycles. The summed E-state index contributed by atoms with van der Waals surface area (Å²) in [5, 5.41) is 8.43. The average Bonchev–Trinajstić information content (AvgIpc) is 3.05. The molecule has 0 aromatic rings. The molecule has 94 valence electrons. The van der Waals surface area contributed by atoms with Gasteiger partial charge in [-0.1, -0.05) is 6.08 Å². The number of ether oxygens (including phenoxy) is 4. The van der Waals surface area contributed by atoms with E-state index in [-0.39, 0.29) is 18.8 Å². The molecular weight excluding hydrogens is 212 g/mol. The summed E-state index contributed by atoms with van der Waals surface area (Å²) in [4.78, 5) is 0. The summed E-state index contributed by atoms with van der Waals surface area (Å²) in [5.74, 6) is 0. The van der Waals surface area contributed by atoms with Gasteiger partial charge in [0, 0.05) is 0 Å². The first-order chi connectivity index (χ1) is 7.88. The summed E-state index contributed by atoms with van der Waals surface area (Å²) < 4.78 is 20.8. The first-order valence-corrected chi connectivity index (χ1v) is 5.50. The van der Waals surface area contributed by atoms with Crippen LogP contribution in [0, 0.1) is 0 Å². The van der Waals surface area contributed by atoms with Crippen LogP contribution in [0.4, 0.5) is 0 Å². The van der Waals surface area contributed by atoms with Gasteiger partial charge in [-0.25, -0.2) is 0 Å². The van der Waals surface area contributed by atoms with Gasteiger partial charge in [0.15, 0.2) is 0 Å². The maximum atomic E-state index is 8.43. The van der Waals surface area contributed by atoms with E-state index < -0.39 is 0 Å². The first kappa shape index (κ1) is 13.6. The Morgan fingerprint density at radius 3 is 2.25 bits per heavy atom. The molecule has 1 rings (SSSR count). The third-order valence-corrected chi connectivity index (χ3v) is 2.12. The number of aliphatic hydroxyl groups excluding tert-OH is 1. The van der Waals surface area contributed by atoms with E-state index in [4.69, 9.17) is 24.1 Å². The fourth-order valence-corrected chi connectivity index (χ4v) is 1.20. The van der Waals surface area contributed by atoms with Crippen molar-refractivity contribution in [2.75, 3.05) is 46.2 Å². The maximum absolute atomic E-state index is 8.43. The van der Waals surface area contributed by atoms with Gasteiger partial charge in [-0.05, 0) is 0 Å². The van der Waals surface area contributed by atoms with Crippen molar-refractivity contribution in [3.8, 4) is 0 Å². The van der Waals surface area contributed by atoms with E-state index in [9.17, 15) is 0 Å². The Morgan fingerprint density at radius 1 is 1.06 bits per heavy atom. The molecule has 1 aliphatic rings. The van der Waals surface area contributed by atoms with Crippen LogP contribution in [0.3, 0.4) is 0 Å². The molecule has 16 heavy (non-hydrogen) atoms. The number of rotatable bonds is 11. The topological polar surface area (TPSA) is 60.5 Å². The van der Waals surface area contributed by atoms with E-state index >= 15 is 0 Å². The van der Waals surface area contributed by atoms with Crippen LogP contribution in [0.15, 0.2) is 12.7 Å². The second kappa shape index (κ2) is 8.66. The summed E-state index contributed by atoms with van der Waals surface area (Å²) in [6, 6.07) is 0. The normalized spacial score (nSPS) is 23.3. The van der Waals surface area contributed by atoms with Crippen molar-refractivity contribution in [2.24, 2.45) is 0 Å². The van der Waals surface area contributed by atoms with Crippen molar-refractivity contribution in [3.63, 3.8) is 0 Å². The van der Waals surface area contributed by atoms with E-state index in [0.29, 0.717) is 39.6 Å². The molecule has 0 amide bonds. The molecule has 5 heteroatoms. The zero-order valence-corrected chi connectivity index (χ0v) is 9.47. The maximum Gasteiger partial charge on any atom is 0.111 e. The summed E-state index contributed by atoms with van der Waals surface area (Å²) in [7, 11) is 0. The van der Waals surface area contributed by atoms with Gasteiger partial charge in [0.05, 0.1) is 46.2 Å². The molecule has 0 radical (unpaired) electrons. The zero-order chi connectivity index (χ0) is 11.6. The molecule has 5 nitrogen and oxygen atoms in total. The predicted molar refractivity (Wildman–Crippen MR) is 58.4 cm³/mol. The Morgan fingerprint density at radius 2 is 1.69 bits per heavy atom.